The van der Waals surface area contributed by atoms with Crippen LogP contribution in [0.4, 0.5) is 5.69 Å². The van der Waals surface area contributed by atoms with Crippen molar-refractivity contribution < 1.29 is 9.53 Å². The quantitative estimate of drug-likeness (QED) is 0.444. The monoisotopic (exact) mass is 456 g/mol. The van der Waals surface area contributed by atoms with Gasteiger partial charge < -0.3 is 14.6 Å². The van der Waals surface area contributed by atoms with E-state index in [1.54, 1.807) is 18.9 Å². The van der Waals surface area contributed by atoms with Crippen LogP contribution in [0.1, 0.15) is 23.4 Å². The van der Waals surface area contributed by atoms with Gasteiger partial charge in [0.15, 0.2) is 5.16 Å². The van der Waals surface area contributed by atoms with Crippen molar-refractivity contribution >= 4 is 35.1 Å². The zero-order valence-corrected chi connectivity index (χ0v) is 20.0. The molecule has 0 fully saturated rings. The first-order chi connectivity index (χ1) is 15.0. The van der Waals surface area contributed by atoms with Crippen LogP contribution >= 0.6 is 23.5 Å². The minimum absolute atomic E-state index is 0.0531. The van der Waals surface area contributed by atoms with Gasteiger partial charge in [0.2, 0.25) is 5.91 Å². The van der Waals surface area contributed by atoms with Crippen molar-refractivity contribution in [3.63, 3.8) is 0 Å². The molecule has 3 rings (SSSR count). The Morgan fingerprint density at radius 1 is 1.16 bits per heavy atom. The van der Waals surface area contributed by atoms with Crippen LogP contribution in [-0.4, -0.2) is 39.8 Å². The number of ether oxygens (including phenoxy) is 1. The third kappa shape index (κ3) is 6.51. The molecule has 0 bridgehead atoms. The van der Waals surface area contributed by atoms with Crippen LogP contribution in [-0.2, 0) is 24.7 Å². The molecule has 0 unspecified atom stereocenters. The maximum absolute atomic E-state index is 12.3. The van der Waals surface area contributed by atoms with Gasteiger partial charge in [-0.2, -0.15) is 0 Å². The van der Waals surface area contributed by atoms with Crippen LogP contribution < -0.4 is 10.1 Å². The minimum Gasteiger partial charge on any atom is -0.496 e. The molecule has 164 valence electrons. The molecule has 31 heavy (non-hydrogen) atoms. The molecule has 1 aromatic heterocycles. The van der Waals surface area contributed by atoms with Gasteiger partial charge in [0.05, 0.1) is 12.9 Å². The van der Waals surface area contributed by atoms with Crippen molar-refractivity contribution in [1.29, 1.82) is 0 Å². The number of amides is 1. The number of benzene rings is 2. The lowest BCUT2D eigenvalue weighted by atomic mass is 10.0. The summed E-state index contributed by atoms with van der Waals surface area (Å²) in [5.74, 6) is 2.09. The van der Waals surface area contributed by atoms with Gasteiger partial charge in [-0.3, -0.25) is 4.79 Å². The van der Waals surface area contributed by atoms with E-state index >= 15 is 0 Å². The fraction of sp³-hybridized carbons (Fsp3) is 0.348. The summed E-state index contributed by atoms with van der Waals surface area (Å²) >= 11 is 3.05. The topological polar surface area (TPSA) is 69.0 Å². The van der Waals surface area contributed by atoms with Crippen LogP contribution in [0.25, 0.3) is 0 Å². The number of anilines is 1. The highest BCUT2D eigenvalue weighted by molar-refractivity contribution is 7.99. The van der Waals surface area contributed by atoms with Crippen LogP contribution in [0.5, 0.6) is 5.75 Å². The van der Waals surface area contributed by atoms with E-state index in [9.17, 15) is 4.79 Å². The van der Waals surface area contributed by atoms with E-state index in [2.05, 4.69) is 34.6 Å². The highest BCUT2D eigenvalue weighted by Gasteiger charge is 2.12. The van der Waals surface area contributed by atoms with E-state index in [-0.39, 0.29) is 5.91 Å². The summed E-state index contributed by atoms with van der Waals surface area (Å²) in [6.07, 6.45) is 4.80. The Morgan fingerprint density at radius 3 is 2.74 bits per heavy atom. The summed E-state index contributed by atoms with van der Waals surface area (Å²) in [7, 11) is 3.65. The molecule has 0 spiro atoms. The van der Waals surface area contributed by atoms with Gasteiger partial charge >= 0.3 is 0 Å². The van der Waals surface area contributed by atoms with Crippen molar-refractivity contribution in [3.8, 4) is 5.75 Å². The third-order valence-corrected chi connectivity index (χ3v) is 6.68. The Hall–Kier alpha value is -2.45. The normalized spacial score (nSPS) is 10.8. The molecular weight excluding hydrogens is 428 g/mol. The standard InChI is InChI=1S/C23H28N4O2S2/c1-16-13-17(11-12-20(16)29-3)7-5-10-21-25-26-23(27(21)2)31-15-22(28)24-18-8-6-9-19(14-18)30-4/h6,8-9,11-14H,5,7,10,15H2,1-4H3,(H,24,28). The van der Waals surface area contributed by atoms with Crippen LogP contribution in [0.15, 0.2) is 52.5 Å². The highest BCUT2D eigenvalue weighted by Crippen LogP contribution is 2.22. The number of thioether (sulfide) groups is 2. The zero-order valence-electron chi connectivity index (χ0n) is 18.3. The largest absolute Gasteiger partial charge is 0.496 e. The fourth-order valence-electron chi connectivity index (χ4n) is 3.26. The van der Waals surface area contributed by atoms with Crippen LogP contribution in [0.2, 0.25) is 0 Å². The van der Waals surface area contributed by atoms with Crippen molar-refractivity contribution in [2.45, 2.75) is 36.2 Å². The van der Waals surface area contributed by atoms with Gasteiger partial charge in [-0.1, -0.05) is 30.0 Å². The number of hydrogen-bond donors (Lipinski definition) is 1. The highest BCUT2D eigenvalue weighted by atomic mass is 32.2. The maximum atomic E-state index is 12.3. The molecule has 3 aromatic rings. The number of carbonyl (C=O) groups excluding carboxylic acids is 1. The van der Waals surface area contributed by atoms with Crippen LogP contribution in [0, 0.1) is 6.92 Å². The fourth-order valence-corrected chi connectivity index (χ4v) is 4.45. The second kappa shape index (κ2) is 11.2. The molecule has 1 amide bonds. The van der Waals surface area contributed by atoms with E-state index < -0.39 is 0 Å². The van der Waals surface area contributed by atoms with Crippen molar-refractivity contribution in [1.82, 2.24) is 14.8 Å². The SMILES string of the molecule is COc1ccc(CCCc2nnc(SCC(=O)Nc3cccc(SC)c3)n2C)cc1C. The number of nitrogens with one attached hydrogen (secondary N) is 1. The number of aromatic nitrogens is 3. The molecule has 0 atom stereocenters. The van der Waals surface area contributed by atoms with Gasteiger partial charge in [-0.25, -0.2) is 0 Å². The first-order valence-electron chi connectivity index (χ1n) is 10.1. The van der Waals surface area contributed by atoms with Crippen molar-refractivity contribution in [3.05, 3.63) is 59.4 Å². The summed E-state index contributed by atoms with van der Waals surface area (Å²) in [4.78, 5) is 13.4. The molecule has 2 aromatic carbocycles. The number of aryl methyl sites for hydroxylation is 3. The second-order valence-corrected chi connectivity index (χ2v) is 9.01. The maximum Gasteiger partial charge on any atom is 0.234 e. The molecule has 0 saturated heterocycles. The number of carbonyl (C=O) groups is 1. The Morgan fingerprint density at radius 2 is 2.00 bits per heavy atom. The summed E-state index contributed by atoms with van der Waals surface area (Å²) in [6.45, 7) is 2.06. The van der Waals surface area contributed by atoms with E-state index in [0.717, 1.165) is 52.1 Å². The van der Waals surface area contributed by atoms with Gasteiger partial charge in [-0.05, 0) is 61.4 Å². The third-order valence-electron chi connectivity index (χ3n) is 4.94. The molecule has 0 aliphatic rings. The lowest BCUT2D eigenvalue weighted by Crippen LogP contribution is -2.14. The van der Waals surface area contributed by atoms with E-state index in [1.807, 2.05) is 48.2 Å². The summed E-state index contributed by atoms with van der Waals surface area (Å²) in [5, 5.41) is 12.3. The number of nitrogens with zero attached hydrogens (tertiary/aromatic N) is 3. The molecular formula is C23H28N4O2S2. The second-order valence-electron chi connectivity index (χ2n) is 7.18. The number of methoxy groups -OCH3 is 1. The Kier molecular flexibility index (Phi) is 8.43. The van der Waals surface area contributed by atoms with Gasteiger partial charge in [-0.15, -0.1) is 22.0 Å². The molecule has 1 heterocycles. The van der Waals surface area contributed by atoms with Gasteiger partial charge in [0.25, 0.3) is 0 Å². The minimum atomic E-state index is -0.0531. The van der Waals surface area contributed by atoms with E-state index in [1.165, 1.54) is 17.3 Å². The molecule has 8 heteroatoms. The predicted molar refractivity (Wildman–Crippen MR) is 128 cm³/mol. The van der Waals surface area contributed by atoms with E-state index in [0.29, 0.717) is 5.75 Å². The van der Waals surface area contributed by atoms with Gasteiger partial charge in [0, 0.05) is 24.1 Å². The summed E-state index contributed by atoms with van der Waals surface area (Å²) in [5.41, 5.74) is 3.25. The summed E-state index contributed by atoms with van der Waals surface area (Å²) < 4.78 is 7.30. The molecule has 0 saturated carbocycles. The number of hydrogen-bond acceptors (Lipinski definition) is 6. The molecule has 6 nitrogen and oxygen atoms in total. The van der Waals surface area contributed by atoms with Crippen molar-refractivity contribution in [2.75, 3.05) is 24.4 Å². The number of rotatable bonds is 10. The summed E-state index contributed by atoms with van der Waals surface area (Å²) in [6, 6.07) is 14.1. The van der Waals surface area contributed by atoms with Crippen molar-refractivity contribution in [2.24, 2.45) is 7.05 Å². The average Bonchev–Trinajstić information content (AvgIpc) is 3.12. The van der Waals surface area contributed by atoms with Gasteiger partial charge in [0.1, 0.15) is 11.6 Å². The van der Waals surface area contributed by atoms with E-state index in [4.69, 9.17) is 4.74 Å². The lowest BCUT2D eigenvalue weighted by Gasteiger charge is -2.08. The Balaban J connectivity index is 1.48. The predicted octanol–water partition coefficient (Wildman–Crippen LogP) is 4.76. The average molecular weight is 457 g/mol. The van der Waals surface area contributed by atoms with Crippen LogP contribution in [0.3, 0.4) is 0 Å². The molecule has 1 N–H and O–H groups in total. The first-order valence-corrected chi connectivity index (χ1v) is 12.3. The zero-order chi connectivity index (χ0) is 22.2. The Labute approximate surface area is 192 Å². The Bertz CT molecular complexity index is 1040. The molecule has 0 radical (unpaired) electrons. The molecule has 0 aliphatic heterocycles. The molecule has 0 aliphatic carbocycles. The lowest BCUT2D eigenvalue weighted by molar-refractivity contribution is -0.113. The smallest absolute Gasteiger partial charge is 0.234 e. The first kappa shape index (κ1) is 23.2.